The maximum Gasteiger partial charge on any atom is 0.264 e. The summed E-state index contributed by atoms with van der Waals surface area (Å²) in [6.07, 6.45) is -1.00. The van der Waals surface area contributed by atoms with Crippen molar-refractivity contribution in [2.45, 2.75) is 24.8 Å². The highest BCUT2D eigenvalue weighted by atomic mass is 32.2. The second-order valence-electron chi connectivity index (χ2n) is 9.08. The van der Waals surface area contributed by atoms with E-state index in [4.69, 9.17) is 9.47 Å². The minimum absolute atomic E-state index is 0.135. The van der Waals surface area contributed by atoms with E-state index in [1.54, 1.807) is 36.4 Å². The number of anilines is 1. The number of carbonyl (C=O) groups excluding carboxylic acids is 1. The number of hydrogen-bond acceptors (Lipinski definition) is 5. The number of rotatable bonds is 7. The van der Waals surface area contributed by atoms with Crippen LogP contribution in [-0.2, 0) is 14.8 Å². The van der Waals surface area contributed by atoms with Crippen LogP contribution in [0.3, 0.4) is 0 Å². The van der Waals surface area contributed by atoms with E-state index in [-0.39, 0.29) is 24.6 Å². The van der Waals surface area contributed by atoms with Crippen molar-refractivity contribution in [3.8, 4) is 11.5 Å². The van der Waals surface area contributed by atoms with Crippen LogP contribution in [0.25, 0.3) is 10.8 Å². The number of ether oxygens (including phenoxy) is 2. The molecular formula is C29H28N2O5S. The third-order valence-corrected chi connectivity index (χ3v) is 8.07. The Morgan fingerprint density at radius 3 is 2.46 bits per heavy atom. The van der Waals surface area contributed by atoms with Crippen LogP contribution in [0.1, 0.15) is 11.1 Å². The molecule has 4 aromatic carbocycles. The zero-order valence-corrected chi connectivity index (χ0v) is 21.5. The van der Waals surface area contributed by atoms with Gasteiger partial charge in [-0.25, -0.2) is 8.42 Å². The maximum absolute atomic E-state index is 13.6. The van der Waals surface area contributed by atoms with E-state index in [9.17, 15) is 13.2 Å². The van der Waals surface area contributed by atoms with Crippen LogP contribution in [0, 0.1) is 13.8 Å². The van der Waals surface area contributed by atoms with Crippen LogP contribution in [0.5, 0.6) is 11.5 Å². The normalized spacial score (nSPS) is 15.1. The van der Waals surface area contributed by atoms with Crippen LogP contribution in [0.2, 0.25) is 0 Å². The fourth-order valence-corrected chi connectivity index (χ4v) is 5.74. The number of nitrogens with zero attached hydrogens (tertiary/aromatic N) is 1. The Morgan fingerprint density at radius 2 is 1.68 bits per heavy atom. The van der Waals surface area contributed by atoms with Gasteiger partial charge in [0.1, 0.15) is 18.1 Å². The number of amides is 1. The van der Waals surface area contributed by atoms with Crippen molar-refractivity contribution < 1.29 is 22.7 Å². The molecule has 0 radical (unpaired) electrons. The summed E-state index contributed by atoms with van der Waals surface area (Å²) < 4.78 is 40.1. The van der Waals surface area contributed by atoms with Gasteiger partial charge >= 0.3 is 0 Å². The SMILES string of the molecule is Cc1ccc(S(=O)(=O)N2C[C@@H](C(=O)NCCOc3ccc4ccccc4c3)Oc3ccc(C)cc32)cc1. The molecule has 4 aromatic rings. The number of sulfonamides is 1. The topological polar surface area (TPSA) is 84.9 Å². The monoisotopic (exact) mass is 516 g/mol. The molecule has 0 aliphatic carbocycles. The Bertz CT molecular complexity index is 1550. The molecule has 1 atom stereocenters. The van der Waals surface area contributed by atoms with Crippen molar-refractivity contribution in [3.63, 3.8) is 0 Å². The van der Waals surface area contributed by atoms with Gasteiger partial charge in [-0.2, -0.15) is 0 Å². The molecule has 0 unspecified atom stereocenters. The Kier molecular flexibility index (Phi) is 6.76. The average Bonchev–Trinajstić information content (AvgIpc) is 2.90. The standard InChI is InChI=1S/C29H28N2O5S/c1-20-7-12-25(13-8-20)37(33,34)31-19-28(36-27-14-9-21(2)17-26(27)31)29(32)30-15-16-35-24-11-10-22-5-3-4-6-23(22)18-24/h3-14,17-18,28H,15-16,19H2,1-2H3,(H,30,32)/t28-/m0/s1. The highest BCUT2D eigenvalue weighted by Gasteiger charge is 2.37. The van der Waals surface area contributed by atoms with E-state index in [0.717, 1.165) is 21.9 Å². The summed E-state index contributed by atoms with van der Waals surface area (Å²) in [5.74, 6) is 0.652. The molecule has 0 fully saturated rings. The first-order chi connectivity index (χ1) is 17.8. The summed E-state index contributed by atoms with van der Waals surface area (Å²) in [6.45, 7) is 4.15. The average molecular weight is 517 g/mol. The van der Waals surface area contributed by atoms with Crippen molar-refractivity contribution >= 4 is 32.4 Å². The van der Waals surface area contributed by atoms with Crippen molar-refractivity contribution in [2.75, 3.05) is 24.0 Å². The van der Waals surface area contributed by atoms with Gasteiger partial charge in [-0.15, -0.1) is 0 Å². The van der Waals surface area contributed by atoms with E-state index in [1.807, 2.05) is 62.4 Å². The minimum atomic E-state index is -3.91. The molecule has 8 heteroatoms. The van der Waals surface area contributed by atoms with Gasteiger partial charge in [0.25, 0.3) is 15.9 Å². The minimum Gasteiger partial charge on any atom is -0.492 e. The van der Waals surface area contributed by atoms with Gasteiger partial charge in [0, 0.05) is 0 Å². The lowest BCUT2D eigenvalue weighted by molar-refractivity contribution is -0.127. The summed E-state index contributed by atoms with van der Waals surface area (Å²) in [5, 5.41) is 5.01. The predicted octanol–water partition coefficient (Wildman–Crippen LogP) is 4.61. The van der Waals surface area contributed by atoms with Crippen molar-refractivity contribution in [3.05, 3.63) is 96.1 Å². The molecule has 37 heavy (non-hydrogen) atoms. The first-order valence-electron chi connectivity index (χ1n) is 12.1. The van der Waals surface area contributed by atoms with E-state index in [0.29, 0.717) is 17.2 Å². The molecular weight excluding hydrogens is 488 g/mol. The van der Waals surface area contributed by atoms with Crippen LogP contribution in [-0.4, -0.2) is 40.1 Å². The molecule has 0 aromatic heterocycles. The van der Waals surface area contributed by atoms with E-state index < -0.39 is 22.0 Å². The Balaban J connectivity index is 1.28. The Labute approximate surface area is 216 Å². The zero-order valence-electron chi connectivity index (χ0n) is 20.7. The van der Waals surface area contributed by atoms with Crippen molar-refractivity contribution in [2.24, 2.45) is 0 Å². The van der Waals surface area contributed by atoms with Gasteiger partial charge in [0.05, 0.1) is 23.7 Å². The molecule has 1 amide bonds. The lowest BCUT2D eigenvalue weighted by Crippen LogP contribution is -2.51. The third kappa shape index (κ3) is 5.24. The van der Waals surface area contributed by atoms with Gasteiger partial charge in [-0.1, -0.05) is 54.1 Å². The summed E-state index contributed by atoms with van der Waals surface area (Å²) in [4.78, 5) is 13.2. The second kappa shape index (κ2) is 10.1. The molecule has 7 nitrogen and oxygen atoms in total. The molecule has 0 spiro atoms. The number of hydrogen-bond donors (Lipinski definition) is 1. The van der Waals surface area contributed by atoms with Crippen LogP contribution < -0.4 is 19.1 Å². The van der Waals surface area contributed by atoms with Crippen LogP contribution in [0.4, 0.5) is 5.69 Å². The molecule has 5 rings (SSSR count). The second-order valence-corrected chi connectivity index (χ2v) is 10.9. The van der Waals surface area contributed by atoms with E-state index in [1.165, 1.54) is 4.31 Å². The molecule has 0 saturated carbocycles. The van der Waals surface area contributed by atoms with Gasteiger partial charge in [0.2, 0.25) is 0 Å². The highest BCUT2D eigenvalue weighted by molar-refractivity contribution is 7.92. The zero-order chi connectivity index (χ0) is 26.0. The summed E-state index contributed by atoms with van der Waals surface area (Å²) >= 11 is 0. The molecule has 1 aliphatic heterocycles. The first kappa shape index (κ1) is 24.6. The molecule has 1 heterocycles. The molecule has 0 bridgehead atoms. The Hall–Kier alpha value is -4.04. The number of aryl methyl sites for hydroxylation is 2. The number of fused-ring (bicyclic) bond motifs is 2. The predicted molar refractivity (Wildman–Crippen MR) is 144 cm³/mol. The van der Waals surface area contributed by atoms with Crippen LogP contribution >= 0.6 is 0 Å². The molecule has 1 N–H and O–H groups in total. The van der Waals surface area contributed by atoms with E-state index >= 15 is 0 Å². The highest BCUT2D eigenvalue weighted by Crippen LogP contribution is 2.37. The fourth-order valence-electron chi connectivity index (χ4n) is 4.28. The maximum atomic E-state index is 13.6. The fraction of sp³-hybridized carbons (Fsp3) is 0.207. The molecule has 190 valence electrons. The largest absolute Gasteiger partial charge is 0.492 e. The number of carbonyl (C=O) groups is 1. The summed E-state index contributed by atoms with van der Waals surface area (Å²) in [5.41, 5.74) is 2.27. The molecule has 0 saturated heterocycles. The van der Waals surface area contributed by atoms with Crippen LogP contribution in [0.15, 0.2) is 89.8 Å². The van der Waals surface area contributed by atoms with Gasteiger partial charge in [0.15, 0.2) is 6.10 Å². The smallest absolute Gasteiger partial charge is 0.264 e. The Morgan fingerprint density at radius 1 is 0.946 bits per heavy atom. The van der Waals surface area contributed by atoms with Crippen molar-refractivity contribution in [1.29, 1.82) is 0 Å². The summed E-state index contributed by atoms with van der Waals surface area (Å²) in [6, 6.07) is 25.8. The van der Waals surface area contributed by atoms with Gasteiger partial charge in [-0.3, -0.25) is 9.10 Å². The quantitative estimate of drug-likeness (QED) is 0.363. The van der Waals surface area contributed by atoms with Crippen molar-refractivity contribution in [1.82, 2.24) is 5.32 Å². The third-order valence-electron chi connectivity index (χ3n) is 6.28. The lowest BCUT2D eigenvalue weighted by atomic mass is 10.1. The van der Waals surface area contributed by atoms with Gasteiger partial charge in [-0.05, 0) is 66.6 Å². The first-order valence-corrected chi connectivity index (χ1v) is 13.5. The molecule has 1 aliphatic rings. The summed E-state index contributed by atoms with van der Waals surface area (Å²) in [7, 11) is -3.91. The number of benzene rings is 4. The number of nitrogens with one attached hydrogen (secondary N) is 1. The lowest BCUT2D eigenvalue weighted by Gasteiger charge is -2.35. The van der Waals surface area contributed by atoms with E-state index in [2.05, 4.69) is 5.32 Å². The van der Waals surface area contributed by atoms with Gasteiger partial charge < -0.3 is 14.8 Å².